The van der Waals surface area contributed by atoms with E-state index in [0.717, 1.165) is 55.0 Å². The third-order valence-corrected chi connectivity index (χ3v) is 6.09. The number of pyridine rings is 1. The molecule has 1 atom stereocenters. The summed E-state index contributed by atoms with van der Waals surface area (Å²) in [5, 5.41) is 10.2. The fraction of sp³-hybridized carbons (Fsp3) is 0.682. The minimum atomic E-state index is -0.191. The first-order valence-corrected chi connectivity index (χ1v) is 11.6. The number of imidazole rings is 1. The summed E-state index contributed by atoms with van der Waals surface area (Å²) in [7, 11) is 1.69. The molecule has 0 saturated carbocycles. The van der Waals surface area contributed by atoms with Crippen LogP contribution >= 0.6 is 0 Å². The number of nitrogens with one attached hydrogen (secondary N) is 3. The van der Waals surface area contributed by atoms with Crippen molar-refractivity contribution in [2.24, 2.45) is 0 Å². The first-order chi connectivity index (χ1) is 15.5. The number of anilines is 2. The molecule has 3 N–H and O–H groups in total. The maximum absolute atomic E-state index is 12.4. The van der Waals surface area contributed by atoms with Crippen molar-refractivity contribution in [1.82, 2.24) is 24.8 Å². The van der Waals surface area contributed by atoms with E-state index in [-0.39, 0.29) is 24.3 Å². The fourth-order valence-electron chi connectivity index (χ4n) is 4.24. The van der Waals surface area contributed by atoms with Gasteiger partial charge in [-0.2, -0.15) is 0 Å². The maximum atomic E-state index is 12.4. The highest BCUT2D eigenvalue weighted by Crippen LogP contribution is 2.28. The molecule has 0 aromatic carbocycles. The zero-order valence-corrected chi connectivity index (χ0v) is 19.3. The predicted molar refractivity (Wildman–Crippen MR) is 124 cm³/mol. The summed E-state index contributed by atoms with van der Waals surface area (Å²) in [6.07, 6.45) is 4.28. The van der Waals surface area contributed by atoms with Crippen LogP contribution in [0.4, 0.5) is 16.3 Å². The zero-order chi connectivity index (χ0) is 22.5. The third-order valence-electron chi connectivity index (χ3n) is 6.09. The summed E-state index contributed by atoms with van der Waals surface area (Å²) >= 11 is 0. The molecule has 10 nitrogen and oxygen atoms in total. The van der Waals surface area contributed by atoms with E-state index in [2.05, 4.69) is 39.3 Å². The zero-order valence-electron chi connectivity index (χ0n) is 19.3. The number of likely N-dealkylation sites (tertiary alicyclic amines) is 1. The van der Waals surface area contributed by atoms with E-state index in [4.69, 9.17) is 14.5 Å². The number of nitrogens with zero attached hydrogens (tertiary/aromatic N) is 4. The van der Waals surface area contributed by atoms with Crippen LogP contribution in [-0.2, 0) is 9.47 Å². The van der Waals surface area contributed by atoms with Crippen LogP contribution in [-0.4, -0.2) is 84.1 Å². The van der Waals surface area contributed by atoms with Gasteiger partial charge in [0.15, 0.2) is 5.65 Å². The summed E-state index contributed by atoms with van der Waals surface area (Å²) in [6, 6.07) is 2.54. The number of hydrogen-bond acceptors (Lipinski definition) is 8. The topological polar surface area (TPSA) is 106 Å². The van der Waals surface area contributed by atoms with Gasteiger partial charge < -0.3 is 34.9 Å². The summed E-state index contributed by atoms with van der Waals surface area (Å²) < 4.78 is 12.8. The van der Waals surface area contributed by atoms with Crippen molar-refractivity contribution >= 4 is 28.8 Å². The van der Waals surface area contributed by atoms with Gasteiger partial charge in [0.25, 0.3) is 0 Å². The Labute approximate surface area is 189 Å². The van der Waals surface area contributed by atoms with Crippen LogP contribution in [0.5, 0.6) is 0 Å². The van der Waals surface area contributed by atoms with Gasteiger partial charge in [0.1, 0.15) is 17.4 Å². The highest BCUT2D eigenvalue weighted by atomic mass is 16.6. The minimum absolute atomic E-state index is 0.00329. The van der Waals surface area contributed by atoms with Crippen molar-refractivity contribution in [3.8, 4) is 0 Å². The molecule has 0 radical (unpaired) electrons. The molecule has 4 rings (SSSR count). The molecule has 2 aliphatic rings. The second kappa shape index (κ2) is 10.4. The lowest BCUT2D eigenvalue weighted by molar-refractivity contribution is 0.0641. The number of carbonyl (C=O) groups excluding carboxylic acids is 1. The summed E-state index contributed by atoms with van der Waals surface area (Å²) in [5.74, 6) is 0.797. The van der Waals surface area contributed by atoms with Gasteiger partial charge in [-0.15, -0.1) is 0 Å². The lowest BCUT2D eigenvalue weighted by Gasteiger charge is -2.33. The monoisotopic (exact) mass is 445 g/mol. The number of ether oxygens (including phenoxy) is 2. The van der Waals surface area contributed by atoms with Gasteiger partial charge in [-0.1, -0.05) is 0 Å². The third kappa shape index (κ3) is 5.24. The van der Waals surface area contributed by atoms with Gasteiger partial charge in [0.05, 0.1) is 18.6 Å². The van der Waals surface area contributed by atoms with Crippen LogP contribution in [0.3, 0.4) is 0 Å². The van der Waals surface area contributed by atoms with Crippen molar-refractivity contribution < 1.29 is 14.3 Å². The molecular weight excluding hydrogens is 410 g/mol. The van der Waals surface area contributed by atoms with E-state index in [1.54, 1.807) is 7.11 Å². The Hall–Kier alpha value is -2.59. The molecule has 1 amide bonds. The summed E-state index contributed by atoms with van der Waals surface area (Å²) in [6.45, 7) is 8.58. The van der Waals surface area contributed by atoms with Crippen LogP contribution in [0.25, 0.3) is 11.2 Å². The Kier molecular flexibility index (Phi) is 7.31. The smallest absolute Gasteiger partial charge is 0.410 e. The van der Waals surface area contributed by atoms with Gasteiger partial charge in [-0.3, -0.25) is 0 Å². The number of fused-ring (bicyclic) bond motifs is 1. The van der Waals surface area contributed by atoms with E-state index in [1.807, 2.05) is 17.3 Å². The minimum Gasteiger partial charge on any atom is -0.445 e. The van der Waals surface area contributed by atoms with Crippen molar-refractivity contribution in [3.63, 3.8) is 0 Å². The highest BCUT2D eigenvalue weighted by Gasteiger charge is 2.27. The molecule has 0 bridgehead atoms. The summed E-state index contributed by atoms with van der Waals surface area (Å²) in [5.41, 5.74) is 2.69. The fourth-order valence-corrected chi connectivity index (χ4v) is 4.24. The Morgan fingerprint density at radius 2 is 2.12 bits per heavy atom. The average Bonchev–Trinajstić information content (AvgIpc) is 3.44. The Morgan fingerprint density at radius 3 is 2.81 bits per heavy atom. The van der Waals surface area contributed by atoms with Gasteiger partial charge in [0.2, 0.25) is 0 Å². The van der Waals surface area contributed by atoms with Crippen molar-refractivity contribution in [2.75, 3.05) is 57.1 Å². The van der Waals surface area contributed by atoms with Gasteiger partial charge >= 0.3 is 6.09 Å². The molecule has 2 fully saturated rings. The lowest BCUT2D eigenvalue weighted by Crippen LogP contribution is -2.43. The maximum Gasteiger partial charge on any atom is 0.410 e. The number of piperidine rings is 1. The molecule has 32 heavy (non-hydrogen) atoms. The molecule has 10 heteroatoms. The van der Waals surface area contributed by atoms with Crippen LogP contribution in [0.15, 0.2) is 12.4 Å². The number of amides is 1. The Balaban J connectivity index is 1.42. The second-order valence-electron chi connectivity index (χ2n) is 8.80. The number of rotatable bonds is 8. The van der Waals surface area contributed by atoms with E-state index >= 15 is 0 Å². The number of carbonyl (C=O) groups is 1. The standard InChI is InChI=1S/C22H35N7O3/c1-15(2)29-14-25-20-18(12-19(27-21(20)29)24-8-11-31-3)26-16-5-9-28(10-6-16)22(30)32-17-4-7-23-13-17/h12,14-17,23H,4-11,13H2,1-3H3,(H2,24,26,27)/t17-/m0/s1. The van der Waals surface area contributed by atoms with Crippen LogP contribution in [0.2, 0.25) is 0 Å². The predicted octanol–water partition coefficient (Wildman–Crippen LogP) is 2.45. The van der Waals surface area contributed by atoms with Gasteiger partial charge in [0, 0.05) is 51.4 Å². The Bertz CT molecular complexity index is 902. The number of methoxy groups -OCH3 is 1. The van der Waals surface area contributed by atoms with Crippen molar-refractivity contribution in [2.45, 2.75) is 51.3 Å². The summed E-state index contributed by atoms with van der Waals surface area (Å²) in [4.78, 5) is 23.7. The van der Waals surface area contributed by atoms with Crippen LogP contribution < -0.4 is 16.0 Å². The van der Waals surface area contributed by atoms with E-state index in [9.17, 15) is 4.79 Å². The normalized spacial score (nSPS) is 19.6. The van der Waals surface area contributed by atoms with Crippen molar-refractivity contribution in [3.05, 3.63) is 12.4 Å². The van der Waals surface area contributed by atoms with Crippen molar-refractivity contribution in [1.29, 1.82) is 0 Å². The van der Waals surface area contributed by atoms with Gasteiger partial charge in [-0.05, 0) is 39.7 Å². The molecule has 0 unspecified atom stereocenters. The Morgan fingerprint density at radius 1 is 1.31 bits per heavy atom. The van der Waals surface area contributed by atoms with Gasteiger partial charge in [-0.25, -0.2) is 14.8 Å². The quantitative estimate of drug-likeness (QED) is 0.532. The largest absolute Gasteiger partial charge is 0.445 e. The number of aromatic nitrogens is 3. The van der Waals surface area contributed by atoms with E-state index in [1.165, 1.54) is 0 Å². The van der Waals surface area contributed by atoms with Crippen LogP contribution in [0.1, 0.15) is 39.2 Å². The molecule has 176 valence electrons. The molecule has 2 aromatic heterocycles. The number of hydrogen-bond donors (Lipinski definition) is 3. The molecule has 0 aliphatic carbocycles. The SMILES string of the molecule is COCCNc1cc(NC2CCN(C(=O)O[C@H]3CCNC3)CC2)c2ncn(C(C)C)c2n1. The first kappa shape index (κ1) is 22.6. The molecule has 4 heterocycles. The molecule has 2 aliphatic heterocycles. The van der Waals surface area contributed by atoms with Crippen LogP contribution in [0, 0.1) is 0 Å². The molecule has 2 saturated heterocycles. The average molecular weight is 446 g/mol. The first-order valence-electron chi connectivity index (χ1n) is 11.6. The van der Waals surface area contributed by atoms with E-state index in [0.29, 0.717) is 26.2 Å². The highest BCUT2D eigenvalue weighted by molar-refractivity contribution is 5.88. The molecule has 2 aromatic rings. The lowest BCUT2D eigenvalue weighted by atomic mass is 10.0. The second-order valence-corrected chi connectivity index (χ2v) is 8.80. The molecule has 0 spiro atoms. The van der Waals surface area contributed by atoms with E-state index < -0.39 is 0 Å². The molecular formula is C22H35N7O3.